The van der Waals surface area contributed by atoms with Crippen molar-refractivity contribution in [3.63, 3.8) is 0 Å². The highest BCUT2D eigenvalue weighted by atomic mass is 16.4. The molecule has 2 aliphatic rings. The van der Waals surface area contributed by atoms with Crippen LogP contribution in [0, 0.1) is 11.3 Å². The third-order valence-electron chi connectivity index (χ3n) is 3.45. The summed E-state index contributed by atoms with van der Waals surface area (Å²) < 4.78 is 0. The number of nitrogens with zero attached hydrogens (tertiary/aromatic N) is 1. The first-order valence-corrected chi connectivity index (χ1v) is 5.06. The van der Waals surface area contributed by atoms with E-state index in [9.17, 15) is 9.59 Å². The molecule has 0 radical (unpaired) electrons. The highest BCUT2D eigenvalue weighted by Gasteiger charge is 2.49. The standard InChI is InChI=1S/C10H15NO3/c1-7(9(13)14)8(12)11-5-4-10(6-11)2-3-10/h7H,2-6H2,1H3,(H,13,14). The van der Waals surface area contributed by atoms with E-state index in [2.05, 4.69) is 0 Å². The number of aliphatic carboxylic acids is 1. The average molecular weight is 197 g/mol. The van der Waals surface area contributed by atoms with Crippen molar-refractivity contribution in [3.8, 4) is 0 Å². The van der Waals surface area contributed by atoms with Gasteiger partial charge in [-0.1, -0.05) is 0 Å². The van der Waals surface area contributed by atoms with Gasteiger partial charge in [-0.3, -0.25) is 9.59 Å². The first-order valence-electron chi connectivity index (χ1n) is 5.06. The van der Waals surface area contributed by atoms with Crippen molar-refractivity contribution in [1.82, 2.24) is 4.90 Å². The van der Waals surface area contributed by atoms with E-state index in [1.165, 1.54) is 19.8 Å². The number of hydrogen-bond donors (Lipinski definition) is 1. The monoisotopic (exact) mass is 197 g/mol. The number of likely N-dealkylation sites (tertiary alicyclic amines) is 1. The predicted molar refractivity (Wildman–Crippen MR) is 49.7 cm³/mol. The summed E-state index contributed by atoms with van der Waals surface area (Å²) in [6.45, 7) is 2.99. The molecular formula is C10H15NO3. The van der Waals surface area contributed by atoms with Crippen molar-refractivity contribution < 1.29 is 14.7 Å². The molecule has 0 aromatic heterocycles. The molecule has 1 atom stereocenters. The Labute approximate surface area is 82.9 Å². The van der Waals surface area contributed by atoms with E-state index in [4.69, 9.17) is 5.11 Å². The van der Waals surface area contributed by atoms with Gasteiger partial charge < -0.3 is 10.0 Å². The number of rotatable bonds is 2. The van der Waals surface area contributed by atoms with Gasteiger partial charge in [-0.25, -0.2) is 0 Å². The van der Waals surface area contributed by atoms with Gasteiger partial charge in [-0.2, -0.15) is 0 Å². The molecule has 2 fully saturated rings. The minimum absolute atomic E-state index is 0.221. The fourth-order valence-electron chi connectivity index (χ4n) is 2.09. The molecule has 14 heavy (non-hydrogen) atoms. The molecule has 1 heterocycles. The second-order valence-corrected chi connectivity index (χ2v) is 4.57. The van der Waals surface area contributed by atoms with Gasteiger partial charge in [0, 0.05) is 13.1 Å². The van der Waals surface area contributed by atoms with Crippen LogP contribution in [-0.4, -0.2) is 35.0 Å². The quantitative estimate of drug-likeness (QED) is 0.663. The smallest absolute Gasteiger partial charge is 0.315 e. The minimum Gasteiger partial charge on any atom is -0.481 e. The zero-order valence-corrected chi connectivity index (χ0v) is 8.32. The molecule has 1 unspecified atom stereocenters. The van der Waals surface area contributed by atoms with Crippen molar-refractivity contribution in [2.24, 2.45) is 11.3 Å². The maximum atomic E-state index is 11.6. The van der Waals surface area contributed by atoms with Crippen LogP contribution in [0.2, 0.25) is 0 Å². The number of carbonyl (C=O) groups excluding carboxylic acids is 1. The van der Waals surface area contributed by atoms with Gasteiger partial charge in [0.2, 0.25) is 5.91 Å². The third-order valence-corrected chi connectivity index (χ3v) is 3.45. The summed E-state index contributed by atoms with van der Waals surface area (Å²) >= 11 is 0. The summed E-state index contributed by atoms with van der Waals surface area (Å²) in [5.74, 6) is -2.13. The summed E-state index contributed by atoms with van der Waals surface area (Å²) in [4.78, 5) is 24.0. The Kier molecular flexibility index (Phi) is 2.01. The molecule has 0 aromatic carbocycles. The number of carboxylic acid groups (broad SMARTS) is 1. The van der Waals surface area contributed by atoms with E-state index in [1.54, 1.807) is 4.90 Å². The molecule has 1 saturated heterocycles. The average Bonchev–Trinajstić information content (AvgIpc) is 2.74. The lowest BCUT2D eigenvalue weighted by molar-refractivity contribution is -0.149. The van der Waals surface area contributed by atoms with E-state index in [-0.39, 0.29) is 5.91 Å². The molecule has 1 N–H and O–H groups in total. The molecule has 1 aliphatic heterocycles. The SMILES string of the molecule is CC(C(=O)O)C(=O)N1CCC2(CC2)C1. The molecule has 4 nitrogen and oxygen atoms in total. The fraction of sp³-hybridized carbons (Fsp3) is 0.800. The molecule has 4 heteroatoms. The van der Waals surface area contributed by atoms with E-state index in [1.807, 2.05) is 0 Å². The van der Waals surface area contributed by atoms with Gasteiger partial charge in [-0.05, 0) is 31.6 Å². The second kappa shape index (κ2) is 2.97. The maximum absolute atomic E-state index is 11.6. The molecule has 0 bridgehead atoms. The Bertz CT molecular complexity index is 283. The molecule has 1 spiro atoms. The number of carbonyl (C=O) groups is 2. The van der Waals surface area contributed by atoms with Crippen molar-refractivity contribution >= 4 is 11.9 Å². The van der Waals surface area contributed by atoms with Crippen LogP contribution >= 0.6 is 0 Å². The number of carboxylic acids is 1. The third kappa shape index (κ3) is 1.49. The zero-order valence-electron chi connectivity index (χ0n) is 8.32. The Morgan fingerprint density at radius 1 is 1.36 bits per heavy atom. The van der Waals surface area contributed by atoms with Crippen molar-refractivity contribution in [2.75, 3.05) is 13.1 Å². The Hall–Kier alpha value is -1.06. The predicted octanol–water partition coefficient (Wildman–Crippen LogP) is 0.720. The summed E-state index contributed by atoms with van der Waals surface area (Å²) in [7, 11) is 0. The summed E-state index contributed by atoms with van der Waals surface area (Å²) in [6.07, 6.45) is 3.47. The van der Waals surface area contributed by atoms with Crippen LogP contribution in [0.3, 0.4) is 0 Å². The number of amides is 1. The lowest BCUT2D eigenvalue weighted by atomic mass is 10.1. The van der Waals surface area contributed by atoms with Gasteiger partial charge in [0.05, 0.1) is 0 Å². The van der Waals surface area contributed by atoms with Gasteiger partial charge >= 0.3 is 5.97 Å². The van der Waals surface area contributed by atoms with Gasteiger partial charge in [0.15, 0.2) is 0 Å². The van der Waals surface area contributed by atoms with E-state index >= 15 is 0 Å². The normalized spacial score (nSPS) is 25.1. The highest BCUT2D eigenvalue weighted by Crippen LogP contribution is 2.52. The summed E-state index contributed by atoms with van der Waals surface area (Å²) in [5, 5.41) is 8.71. The largest absolute Gasteiger partial charge is 0.481 e. The molecular weight excluding hydrogens is 182 g/mol. The highest BCUT2D eigenvalue weighted by molar-refractivity contribution is 5.96. The van der Waals surface area contributed by atoms with Crippen LogP contribution < -0.4 is 0 Å². The van der Waals surface area contributed by atoms with Crippen LogP contribution in [-0.2, 0) is 9.59 Å². The topological polar surface area (TPSA) is 57.6 Å². The molecule has 0 aromatic rings. The van der Waals surface area contributed by atoms with E-state index < -0.39 is 11.9 Å². The second-order valence-electron chi connectivity index (χ2n) is 4.57. The maximum Gasteiger partial charge on any atom is 0.315 e. The van der Waals surface area contributed by atoms with E-state index in [0.29, 0.717) is 5.41 Å². The van der Waals surface area contributed by atoms with Crippen LogP contribution in [0.1, 0.15) is 26.2 Å². The lowest BCUT2D eigenvalue weighted by Gasteiger charge is -2.18. The van der Waals surface area contributed by atoms with Crippen molar-refractivity contribution in [2.45, 2.75) is 26.2 Å². The zero-order chi connectivity index (χ0) is 10.3. The molecule has 1 amide bonds. The minimum atomic E-state index is -1.02. The van der Waals surface area contributed by atoms with Crippen molar-refractivity contribution in [1.29, 1.82) is 0 Å². The molecule has 2 rings (SSSR count). The first-order chi connectivity index (χ1) is 6.54. The molecule has 1 aliphatic carbocycles. The Morgan fingerprint density at radius 2 is 2.00 bits per heavy atom. The van der Waals surface area contributed by atoms with Crippen molar-refractivity contribution in [3.05, 3.63) is 0 Å². The van der Waals surface area contributed by atoms with Gasteiger partial charge in [0.1, 0.15) is 5.92 Å². The summed E-state index contributed by atoms with van der Waals surface area (Å²) in [6, 6.07) is 0. The van der Waals surface area contributed by atoms with Crippen LogP contribution in [0.4, 0.5) is 0 Å². The lowest BCUT2D eigenvalue weighted by Crippen LogP contribution is -2.36. The van der Waals surface area contributed by atoms with Gasteiger partial charge in [0.25, 0.3) is 0 Å². The van der Waals surface area contributed by atoms with Crippen LogP contribution in [0.5, 0.6) is 0 Å². The Balaban J connectivity index is 1.96. The Morgan fingerprint density at radius 3 is 2.43 bits per heavy atom. The molecule has 78 valence electrons. The van der Waals surface area contributed by atoms with Crippen LogP contribution in [0.15, 0.2) is 0 Å². The van der Waals surface area contributed by atoms with Gasteiger partial charge in [-0.15, -0.1) is 0 Å². The van der Waals surface area contributed by atoms with Crippen LogP contribution in [0.25, 0.3) is 0 Å². The fourth-order valence-corrected chi connectivity index (χ4v) is 2.09. The molecule has 1 saturated carbocycles. The first kappa shape index (κ1) is 9.49. The summed E-state index contributed by atoms with van der Waals surface area (Å²) in [5.41, 5.74) is 0.383. The van der Waals surface area contributed by atoms with E-state index in [0.717, 1.165) is 19.5 Å². The number of hydrogen-bond acceptors (Lipinski definition) is 2.